The molecule has 0 spiro atoms. The van der Waals surface area contributed by atoms with E-state index in [1.165, 1.54) is 6.92 Å². The average Bonchev–Trinajstić information content (AvgIpc) is 3.28. The third-order valence-corrected chi connectivity index (χ3v) is 5.29. The van der Waals surface area contributed by atoms with Gasteiger partial charge in [-0.15, -0.1) is 11.3 Å². The van der Waals surface area contributed by atoms with E-state index in [0.717, 1.165) is 17.4 Å². The lowest BCUT2D eigenvalue weighted by molar-refractivity contribution is 0.0531. The number of anilines is 1. The molecule has 0 aromatic carbocycles. The number of hydrogen-bond acceptors (Lipinski definition) is 7. The zero-order chi connectivity index (χ0) is 22.9. The molecule has 8 nitrogen and oxygen atoms in total. The van der Waals surface area contributed by atoms with Crippen LogP contribution in [-0.4, -0.2) is 33.1 Å². The second-order valence-electron chi connectivity index (χ2n) is 6.05. The van der Waals surface area contributed by atoms with Crippen molar-refractivity contribution < 1.29 is 31.9 Å². The van der Waals surface area contributed by atoms with Gasteiger partial charge in [0, 0.05) is 6.07 Å². The Morgan fingerprint density at radius 1 is 1.29 bits per heavy atom. The first-order valence-corrected chi connectivity index (χ1v) is 9.48. The van der Waals surface area contributed by atoms with Gasteiger partial charge in [0.05, 0.1) is 12.2 Å². The minimum atomic E-state index is -3.14. The van der Waals surface area contributed by atoms with Crippen molar-refractivity contribution in [2.45, 2.75) is 26.7 Å². The molecule has 31 heavy (non-hydrogen) atoms. The molecule has 3 heterocycles. The van der Waals surface area contributed by atoms with E-state index >= 15 is 0 Å². The van der Waals surface area contributed by atoms with Gasteiger partial charge in [-0.05, 0) is 25.5 Å². The van der Waals surface area contributed by atoms with Crippen LogP contribution in [0.2, 0.25) is 0 Å². The molecule has 162 valence electrons. The summed E-state index contributed by atoms with van der Waals surface area (Å²) in [5, 5.41) is 15.5. The van der Waals surface area contributed by atoms with Crippen LogP contribution in [0.3, 0.4) is 0 Å². The number of hydrogen-bond donors (Lipinski definition) is 1. The summed E-state index contributed by atoms with van der Waals surface area (Å²) in [6, 6.07) is 3.35. The summed E-state index contributed by atoms with van der Waals surface area (Å²) in [6.45, 7) is 3.23. The lowest BCUT2D eigenvalue weighted by Gasteiger charge is -2.06. The molecule has 0 atom stereocenters. The maximum atomic E-state index is 13.3. The Morgan fingerprint density at radius 2 is 2.00 bits per heavy atom. The van der Waals surface area contributed by atoms with Crippen molar-refractivity contribution in [2.24, 2.45) is 0 Å². The molecule has 3 rings (SSSR count). The molecule has 0 unspecified atom stereocenters. The first-order chi connectivity index (χ1) is 14.7. The highest BCUT2D eigenvalue weighted by molar-refractivity contribution is 7.18. The van der Waals surface area contributed by atoms with Crippen LogP contribution in [0, 0.1) is 18.3 Å². The first kappa shape index (κ1) is 22.2. The van der Waals surface area contributed by atoms with Crippen molar-refractivity contribution in [3.05, 3.63) is 45.2 Å². The van der Waals surface area contributed by atoms with E-state index in [1.54, 1.807) is 6.92 Å². The van der Waals surface area contributed by atoms with Gasteiger partial charge < -0.3 is 10.1 Å². The number of esters is 1. The summed E-state index contributed by atoms with van der Waals surface area (Å²) >= 11 is 0.805. The standard InChI is InChI=1S/C18H13F4N5O3S/c1-3-30-18(29)13-7(2)8(6-23)17(31-13)25-16(28)10-5-12-24-9(14(19)20)4-11(15(21)22)27(12)26-10/h4-5,14-15H,3H2,1-2H3,(H,25,28). The lowest BCUT2D eigenvalue weighted by atomic mass is 10.2. The third-order valence-electron chi connectivity index (χ3n) is 4.10. The maximum Gasteiger partial charge on any atom is 0.348 e. The predicted molar refractivity (Wildman–Crippen MR) is 101 cm³/mol. The Kier molecular flexibility index (Phi) is 6.21. The number of aromatic nitrogens is 3. The lowest BCUT2D eigenvalue weighted by Crippen LogP contribution is -2.13. The van der Waals surface area contributed by atoms with Gasteiger partial charge in [0.1, 0.15) is 27.3 Å². The molecule has 0 saturated heterocycles. The van der Waals surface area contributed by atoms with Crippen molar-refractivity contribution in [2.75, 3.05) is 11.9 Å². The number of amides is 1. The SMILES string of the molecule is CCOC(=O)c1sc(NC(=O)c2cc3nc(C(F)F)cc(C(F)F)n3n2)c(C#N)c1C. The highest BCUT2D eigenvalue weighted by Gasteiger charge is 2.25. The zero-order valence-electron chi connectivity index (χ0n) is 16.0. The van der Waals surface area contributed by atoms with Crippen LogP contribution in [0.1, 0.15) is 62.4 Å². The number of ether oxygens (including phenoxy) is 1. The Morgan fingerprint density at radius 3 is 2.58 bits per heavy atom. The number of fused-ring (bicyclic) bond motifs is 1. The Hall–Kier alpha value is -3.53. The summed E-state index contributed by atoms with van der Waals surface area (Å²) in [6.07, 6.45) is -6.24. The highest BCUT2D eigenvalue weighted by Crippen LogP contribution is 2.33. The zero-order valence-corrected chi connectivity index (χ0v) is 16.8. The Labute approximate surface area is 176 Å². The van der Waals surface area contributed by atoms with Crippen LogP contribution in [-0.2, 0) is 4.74 Å². The number of alkyl halides is 4. The van der Waals surface area contributed by atoms with E-state index in [-0.39, 0.29) is 27.7 Å². The molecule has 0 radical (unpaired) electrons. The monoisotopic (exact) mass is 455 g/mol. The van der Waals surface area contributed by atoms with Gasteiger partial charge in [-0.1, -0.05) is 0 Å². The molecule has 0 bridgehead atoms. The van der Waals surface area contributed by atoms with Crippen LogP contribution < -0.4 is 5.32 Å². The highest BCUT2D eigenvalue weighted by atomic mass is 32.1. The molecule has 1 amide bonds. The van der Waals surface area contributed by atoms with Gasteiger partial charge in [-0.3, -0.25) is 4.79 Å². The molecule has 0 aliphatic rings. The fourth-order valence-electron chi connectivity index (χ4n) is 2.69. The number of carbonyl (C=O) groups is 2. The van der Waals surface area contributed by atoms with Crippen molar-refractivity contribution in [1.82, 2.24) is 14.6 Å². The van der Waals surface area contributed by atoms with Crippen molar-refractivity contribution in [3.8, 4) is 6.07 Å². The quantitative estimate of drug-likeness (QED) is 0.439. The molecular weight excluding hydrogens is 442 g/mol. The number of nitriles is 1. The fraction of sp³-hybridized carbons (Fsp3) is 0.278. The van der Waals surface area contributed by atoms with Crippen LogP contribution in [0.15, 0.2) is 12.1 Å². The minimum Gasteiger partial charge on any atom is -0.462 e. The van der Waals surface area contributed by atoms with Gasteiger partial charge in [0.2, 0.25) is 0 Å². The molecule has 0 saturated carbocycles. The topological polar surface area (TPSA) is 109 Å². The second-order valence-corrected chi connectivity index (χ2v) is 7.07. The minimum absolute atomic E-state index is 0.0246. The molecule has 3 aromatic heterocycles. The normalized spacial score (nSPS) is 11.2. The number of nitrogens with one attached hydrogen (secondary N) is 1. The van der Waals surface area contributed by atoms with E-state index in [1.807, 2.05) is 6.07 Å². The molecule has 0 aliphatic carbocycles. The van der Waals surface area contributed by atoms with Gasteiger partial charge in [0.25, 0.3) is 18.8 Å². The molecule has 0 aliphatic heterocycles. The summed E-state index contributed by atoms with van der Waals surface area (Å²) in [7, 11) is 0. The van der Waals surface area contributed by atoms with Gasteiger partial charge in [0.15, 0.2) is 11.3 Å². The summed E-state index contributed by atoms with van der Waals surface area (Å²) in [5.74, 6) is -1.57. The van der Waals surface area contributed by atoms with Gasteiger partial charge in [-0.2, -0.15) is 10.4 Å². The third kappa shape index (κ3) is 4.19. The number of carbonyl (C=O) groups excluding carboxylic acids is 2. The molecular formula is C18H13F4N5O3S. The van der Waals surface area contributed by atoms with E-state index < -0.39 is 41.8 Å². The largest absolute Gasteiger partial charge is 0.462 e. The van der Waals surface area contributed by atoms with E-state index in [9.17, 15) is 32.4 Å². The summed E-state index contributed by atoms with van der Waals surface area (Å²) < 4.78 is 58.0. The van der Waals surface area contributed by atoms with Crippen LogP contribution in [0.25, 0.3) is 5.65 Å². The number of nitrogens with zero attached hydrogens (tertiary/aromatic N) is 4. The van der Waals surface area contributed by atoms with Gasteiger partial charge in [-0.25, -0.2) is 31.9 Å². The van der Waals surface area contributed by atoms with Crippen molar-refractivity contribution >= 4 is 33.9 Å². The first-order valence-electron chi connectivity index (χ1n) is 8.66. The summed E-state index contributed by atoms with van der Waals surface area (Å²) in [4.78, 5) is 28.3. The number of thiophene rings is 1. The van der Waals surface area contributed by atoms with Gasteiger partial charge >= 0.3 is 5.97 Å². The average molecular weight is 455 g/mol. The Balaban J connectivity index is 1.99. The second kappa shape index (κ2) is 8.68. The number of rotatable bonds is 6. The van der Waals surface area contributed by atoms with Crippen LogP contribution in [0.5, 0.6) is 0 Å². The predicted octanol–water partition coefficient (Wildman–Crippen LogP) is 4.28. The van der Waals surface area contributed by atoms with Crippen molar-refractivity contribution in [1.29, 1.82) is 5.26 Å². The number of halogens is 4. The summed E-state index contributed by atoms with van der Waals surface area (Å²) in [5.41, 5.74) is -2.17. The fourth-order valence-corrected chi connectivity index (χ4v) is 3.74. The molecule has 1 N–H and O–H groups in total. The molecule has 13 heteroatoms. The van der Waals surface area contributed by atoms with E-state index in [2.05, 4.69) is 15.4 Å². The van der Waals surface area contributed by atoms with Crippen LogP contribution >= 0.6 is 11.3 Å². The van der Waals surface area contributed by atoms with Crippen molar-refractivity contribution in [3.63, 3.8) is 0 Å². The smallest absolute Gasteiger partial charge is 0.348 e. The maximum absolute atomic E-state index is 13.3. The molecule has 0 fully saturated rings. The van der Waals surface area contributed by atoms with E-state index in [4.69, 9.17) is 4.74 Å². The van der Waals surface area contributed by atoms with E-state index in [0.29, 0.717) is 16.1 Å². The Bertz CT molecular complexity index is 1220. The van der Waals surface area contributed by atoms with Crippen LogP contribution in [0.4, 0.5) is 22.6 Å². The molecule has 3 aromatic rings.